The summed E-state index contributed by atoms with van der Waals surface area (Å²) in [7, 11) is 1.60. The van der Waals surface area contributed by atoms with Crippen LogP contribution in [0.4, 0.5) is 5.82 Å². The van der Waals surface area contributed by atoms with Crippen molar-refractivity contribution in [1.29, 1.82) is 0 Å². The Balaban J connectivity index is 1.99. The molecule has 2 heterocycles. The molecule has 0 saturated carbocycles. The van der Waals surface area contributed by atoms with E-state index in [0.29, 0.717) is 17.5 Å². The number of carboxylic acid groups (broad SMARTS) is 1. The van der Waals surface area contributed by atoms with E-state index in [1.165, 1.54) is 11.2 Å². The van der Waals surface area contributed by atoms with E-state index in [1.807, 2.05) is 12.1 Å². The molecule has 0 unspecified atom stereocenters. The number of nitrogens with zero attached hydrogens (tertiary/aromatic N) is 4. The zero-order chi connectivity index (χ0) is 17.1. The number of aromatic nitrogens is 3. The van der Waals surface area contributed by atoms with Crippen molar-refractivity contribution in [2.24, 2.45) is 0 Å². The van der Waals surface area contributed by atoms with Crippen molar-refractivity contribution in [2.45, 2.75) is 38.6 Å². The molecule has 1 aliphatic heterocycles. The van der Waals surface area contributed by atoms with E-state index in [1.54, 1.807) is 19.2 Å². The summed E-state index contributed by atoms with van der Waals surface area (Å²) in [4.78, 5) is 15.1. The first-order chi connectivity index (χ1) is 11.6. The van der Waals surface area contributed by atoms with Crippen LogP contribution in [0.1, 0.15) is 43.1 Å². The van der Waals surface area contributed by atoms with Crippen LogP contribution in [0.3, 0.4) is 0 Å². The molecule has 2 aromatic rings. The molecule has 0 bridgehead atoms. The first-order valence-electron chi connectivity index (χ1n) is 8.25. The van der Waals surface area contributed by atoms with Crippen molar-refractivity contribution < 1.29 is 14.6 Å². The topological polar surface area (TPSA) is 80.5 Å². The van der Waals surface area contributed by atoms with Gasteiger partial charge in [-0.3, -0.25) is 0 Å². The standard InChI is InChI=1S/C17H22N4O3/c1-3-12-6-4-5-11-20(12)16-15(17(22)23)18-21(19-16)13-7-9-14(24-2)10-8-13/h7-10,12H,3-6,11H2,1-2H3,(H,22,23)/t12-/m0/s1. The maximum Gasteiger partial charge on any atom is 0.360 e. The molecule has 1 aromatic heterocycles. The van der Waals surface area contributed by atoms with E-state index in [9.17, 15) is 9.90 Å². The normalized spacial score (nSPS) is 17.8. The minimum absolute atomic E-state index is 0.00571. The maximum atomic E-state index is 11.6. The van der Waals surface area contributed by atoms with E-state index in [4.69, 9.17) is 4.74 Å². The highest BCUT2D eigenvalue weighted by atomic mass is 16.5. The molecule has 1 N–H and O–H groups in total. The SMILES string of the molecule is CC[C@H]1CCCCN1c1nn(-c2ccc(OC)cc2)nc1C(=O)O. The number of anilines is 1. The Bertz CT molecular complexity index is 711. The maximum absolute atomic E-state index is 11.6. The van der Waals surface area contributed by atoms with Gasteiger partial charge in [-0.15, -0.1) is 15.0 Å². The molecule has 0 radical (unpaired) electrons. The number of aromatic carboxylic acids is 1. The number of carbonyl (C=O) groups is 1. The van der Waals surface area contributed by atoms with Crippen LogP contribution < -0.4 is 9.64 Å². The van der Waals surface area contributed by atoms with Gasteiger partial charge >= 0.3 is 5.97 Å². The van der Waals surface area contributed by atoms with Gasteiger partial charge in [0, 0.05) is 12.6 Å². The number of carboxylic acids is 1. The first kappa shape index (κ1) is 16.3. The van der Waals surface area contributed by atoms with Crippen molar-refractivity contribution in [3.63, 3.8) is 0 Å². The quantitative estimate of drug-likeness (QED) is 0.908. The molecule has 1 aliphatic rings. The largest absolute Gasteiger partial charge is 0.497 e. The van der Waals surface area contributed by atoms with Crippen LogP contribution in [0.15, 0.2) is 24.3 Å². The van der Waals surface area contributed by atoms with E-state index in [2.05, 4.69) is 22.0 Å². The zero-order valence-electron chi connectivity index (χ0n) is 14.0. The van der Waals surface area contributed by atoms with Crippen LogP contribution in [0, 0.1) is 0 Å². The summed E-state index contributed by atoms with van der Waals surface area (Å²) >= 11 is 0. The first-order valence-corrected chi connectivity index (χ1v) is 8.25. The molecule has 0 amide bonds. The van der Waals surface area contributed by atoms with Crippen LogP contribution in [-0.2, 0) is 0 Å². The fourth-order valence-electron chi connectivity index (χ4n) is 3.17. The van der Waals surface area contributed by atoms with Crippen LogP contribution >= 0.6 is 0 Å². The van der Waals surface area contributed by atoms with Gasteiger partial charge < -0.3 is 14.7 Å². The fourth-order valence-corrected chi connectivity index (χ4v) is 3.17. The van der Waals surface area contributed by atoms with Crippen molar-refractivity contribution in [3.8, 4) is 11.4 Å². The van der Waals surface area contributed by atoms with Crippen molar-refractivity contribution >= 4 is 11.8 Å². The summed E-state index contributed by atoms with van der Waals surface area (Å²) in [6, 6.07) is 7.53. The molecule has 24 heavy (non-hydrogen) atoms. The molecule has 0 spiro atoms. The number of ether oxygens (including phenoxy) is 1. The summed E-state index contributed by atoms with van der Waals surface area (Å²) in [5, 5.41) is 18.2. The minimum Gasteiger partial charge on any atom is -0.497 e. The molecule has 0 aliphatic carbocycles. The van der Waals surface area contributed by atoms with E-state index in [0.717, 1.165) is 31.6 Å². The minimum atomic E-state index is -1.05. The highest BCUT2D eigenvalue weighted by molar-refractivity contribution is 5.91. The Hall–Kier alpha value is -2.57. The van der Waals surface area contributed by atoms with Gasteiger partial charge in [0.05, 0.1) is 12.8 Å². The van der Waals surface area contributed by atoms with Crippen LogP contribution in [0.5, 0.6) is 5.75 Å². The van der Waals surface area contributed by atoms with Gasteiger partial charge in [-0.25, -0.2) is 4.79 Å². The van der Waals surface area contributed by atoms with Gasteiger partial charge in [-0.05, 0) is 49.9 Å². The third-order valence-corrected chi connectivity index (χ3v) is 4.47. The Morgan fingerprint density at radius 3 is 2.67 bits per heavy atom. The Labute approximate surface area is 140 Å². The summed E-state index contributed by atoms with van der Waals surface area (Å²) in [5.74, 6) is 0.140. The van der Waals surface area contributed by atoms with Gasteiger partial charge in [0.15, 0.2) is 5.82 Å². The van der Waals surface area contributed by atoms with E-state index >= 15 is 0 Å². The molecular formula is C17H22N4O3. The van der Waals surface area contributed by atoms with Gasteiger partial charge in [0.1, 0.15) is 5.75 Å². The summed E-state index contributed by atoms with van der Waals surface area (Å²) in [5.41, 5.74) is 0.709. The van der Waals surface area contributed by atoms with Crippen LogP contribution in [0.25, 0.3) is 5.69 Å². The number of piperidine rings is 1. The lowest BCUT2D eigenvalue weighted by molar-refractivity contribution is 0.0690. The predicted octanol–water partition coefficient (Wildman–Crippen LogP) is 2.74. The van der Waals surface area contributed by atoms with Crippen molar-refractivity contribution in [3.05, 3.63) is 30.0 Å². The molecular weight excluding hydrogens is 308 g/mol. The summed E-state index contributed by atoms with van der Waals surface area (Å²) < 4.78 is 5.14. The van der Waals surface area contributed by atoms with E-state index < -0.39 is 5.97 Å². The van der Waals surface area contributed by atoms with E-state index in [-0.39, 0.29) is 5.69 Å². The molecule has 1 aromatic carbocycles. The second-order valence-corrected chi connectivity index (χ2v) is 5.92. The summed E-state index contributed by atoms with van der Waals surface area (Å²) in [6.45, 7) is 2.94. The van der Waals surface area contributed by atoms with Gasteiger partial charge in [0.25, 0.3) is 0 Å². The Kier molecular flexibility index (Phi) is 4.69. The molecule has 1 saturated heterocycles. The number of rotatable bonds is 5. The fraction of sp³-hybridized carbons (Fsp3) is 0.471. The lowest BCUT2D eigenvalue weighted by Crippen LogP contribution is -2.40. The van der Waals surface area contributed by atoms with Gasteiger partial charge in [0.2, 0.25) is 5.69 Å². The molecule has 3 rings (SSSR count). The number of hydrogen-bond acceptors (Lipinski definition) is 5. The highest BCUT2D eigenvalue weighted by Gasteiger charge is 2.29. The predicted molar refractivity (Wildman–Crippen MR) is 90.1 cm³/mol. The van der Waals surface area contributed by atoms with Crippen molar-refractivity contribution in [2.75, 3.05) is 18.6 Å². The highest BCUT2D eigenvalue weighted by Crippen LogP contribution is 2.28. The molecule has 1 atom stereocenters. The molecule has 7 nitrogen and oxygen atoms in total. The van der Waals surface area contributed by atoms with Gasteiger partial charge in [-0.2, -0.15) is 0 Å². The third kappa shape index (κ3) is 3.06. The number of methoxy groups -OCH3 is 1. The Morgan fingerprint density at radius 2 is 2.04 bits per heavy atom. The second-order valence-electron chi connectivity index (χ2n) is 5.92. The third-order valence-electron chi connectivity index (χ3n) is 4.47. The molecule has 1 fully saturated rings. The summed E-state index contributed by atoms with van der Waals surface area (Å²) in [6.07, 6.45) is 4.24. The Morgan fingerprint density at radius 1 is 1.29 bits per heavy atom. The number of hydrogen-bond donors (Lipinski definition) is 1. The lowest BCUT2D eigenvalue weighted by atomic mass is 10.00. The zero-order valence-corrected chi connectivity index (χ0v) is 14.0. The number of benzene rings is 1. The smallest absolute Gasteiger partial charge is 0.360 e. The average molecular weight is 330 g/mol. The molecule has 7 heteroatoms. The van der Waals surface area contributed by atoms with Crippen LogP contribution in [0.2, 0.25) is 0 Å². The van der Waals surface area contributed by atoms with Crippen molar-refractivity contribution in [1.82, 2.24) is 15.0 Å². The lowest BCUT2D eigenvalue weighted by Gasteiger charge is -2.35. The monoisotopic (exact) mass is 330 g/mol. The van der Waals surface area contributed by atoms with Crippen LogP contribution in [-0.4, -0.2) is 45.8 Å². The molecule has 128 valence electrons. The second kappa shape index (κ2) is 6.90. The average Bonchev–Trinajstić information content (AvgIpc) is 3.07. The van der Waals surface area contributed by atoms with Gasteiger partial charge in [-0.1, -0.05) is 6.92 Å².